The maximum absolute atomic E-state index is 11.2. The van der Waals surface area contributed by atoms with E-state index < -0.39 is 5.76 Å². The number of nitrogens with two attached hydrogens (primary N) is 1. The normalized spacial score (nSPS) is 20.1. The largest absolute Gasteiger partial charge is 0.417 e. The zero-order valence-electron chi connectivity index (χ0n) is 11.1. The average molecular weight is 261 g/mol. The van der Waals surface area contributed by atoms with Crippen LogP contribution in [0.15, 0.2) is 21.3 Å². The second kappa shape index (κ2) is 4.64. The van der Waals surface area contributed by atoms with Crippen LogP contribution in [0.5, 0.6) is 0 Å². The summed E-state index contributed by atoms with van der Waals surface area (Å²) in [4.78, 5) is 16.2. The Hall–Kier alpha value is -1.91. The number of benzene rings is 1. The molecule has 3 rings (SSSR count). The molecular formula is C14H19N3O2. The number of nitrogen functional groups attached to an aromatic ring is 1. The monoisotopic (exact) mass is 261 g/mol. The van der Waals surface area contributed by atoms with Crippen LogP contribution in [-0.4, -0.2) is 18.1 Å². The molecule has 2 aromatic rings. The predicted molar refractivity (Wildman–Crippen MR) is 76.5 cm³/mol. The summed E-state index contributed by atoms with van der Waals surface area (Å²) in [6, 6.07) is 3.66. The number of piperidine rings is 1. The van der Waals surface area contributed by atoms with Crippen LogP contribution in [0.4, 0.5) is 11.4 Å². The maximum Gasteiger partial charge on any atom is 0.417 e. The van der Waals surface area contributed by atoms with Gasteiger partial charge in [-0.15, -0.1) is 0 Å². The summed E-state index contributed by atoms with van der Waals surface area (Å²) in [7, 11) is 0. The first-order valence-electron chi connectivity index (χ1n) is 6.84. The number of hydrogen-bond acceptors (Lipinski definition) is 4. The fraction of sp³-hybridized carbons (Fsp3) is 0.500. The van der Waals surface area contributed by atoms with Crippen LogP contribution in [0.25, 0.3) is 11.1 Å². The summed E-state index contributed by atoms with van der Waals surface area (Å²) in [5, 5.41) is 0. The summed E-state index contributed by atoms with van der Waals surface area (Å²) < 4.78 is 5.02. The second-order valence-electron chi connectivity index (χ2n) is 5.28. The van der Waals surface area contributed by atoms with Crippen molar-refractivity contribution in [2.45, 2.75) is 26.2 Å². The molecule has 0 radical (unpaired) electrons. The molecule has 1 saturated heterocycles. The summed E-state index contributed by atoms with van der Waals surface area (Å²) in [5.41, 5.74) is 9.01. The van der Waals surface area contributed by atoms with Gasteiger partial charge in [-0.05, 0) is 24.8 Å². The third-order valence-electron chi connectivity index (χ3n) is 4.01. The maximum atomic E-state index is 11.2. The van der Waals surface area contributed by atoms with Crippen molar-refractivity contribution in [1.29, 1.82) is 0 Å². The molecule has 1 aliphatic rings. The molecule has 0 bridgehead atoms. The highest BCUT2D eigenvalue weighted by Crippen LogP contribution is 2.31. The van der Waals surface area contributed by atoms with E-state index in [1.165, 1.54) is 19.3 Å². The van der Waals surface area contributed by atoms with Crippen molar-refractivity contribution in [2.75, 3.05) is 23.7 Å². The van der Waals surface area contributed by atoms with Gasteiger partial charge < -0.3 is 15.1 Å². The highest BCUT2D eigenvalue weighted by atomic mass is 16.4. The van der Waals surface area contributed by atoms with Gasteiger partial charge in [-0.25, -0.2) is 4.79 Å². The Morgan fingerprint density at radius 1 is 1.53 bits per heavy atom. The van der Waals surface area contributed by atoms with Crippen molar-refractivity contribution < 1.29 is 4.42 Å². The van der Waals surface area contributed by atoms with Crippen molar-refractivity contribution in [2.24, 2.45) is 5.92 Å². The lowest BCUT2D eigenvalue weighted by atomic mass is 9.95. The Balaban J connectivity index is 1.99. The lowest BCUT2D eigenvalue weighted by Gasteiger charge is -2.34. The number of hydrogen-bond donors (Lipinski definition) is 2. The summed E-state index contributed by atoms with van der Waals surface area (Å²) in [5.74, 6) is 0.295. The van der Waals surface area contributed by atoms with Crippen LogP contribution < -0.4 is 16.4 Å². The van der Waals surface area contributed by atoms with Crippen LogP contribution in [0, 0.1) is 5.92 Å². The molecule has 1 aromatic carbocycles. The number of aromatic amines is 1. The first-order chi connectivity index (χ1) is 9.17. The van der Waals surface area contributed by atoms with Crippen LogP contribution in [-0.2, 0) is 0 Å². The molecular weight excluding hydrogens is 242 g/mol. The number of anilines is 2. The number of oxazole rings is 1. The topological polar surface area (TPSA) is 75.3 Å². The van der Waals surface area contributed by atoms with Gasteiger partial charge in [-0.3, -0.25) is 4.98 Å². The molecule has 0 spiro atoms. The summed E-state index contributed by atoms with van der Waals surface area (Å²) in [6.07, 6.45) is 3.68. The fourth-order valence-electron chi connectivity index (χ4n) is 2.89. The molecule has 2 heterocycles. The smallest absolute Gasteiger partial charge is 0.408 e. The number of rotatable bonds is 2. The van der Waals surface area contributed by atoms with Gasteiger partial charge in [-0.2, -0.15) is 0 Å². The Morgan fingerprint density at radius 3 is 3.16 bits per heavy atom. The van der Waals surface area contributed by atoms with Crippen LogP contribution in [0.3, 0.4) is 0 Å². The average Bonchev–Trinajstić information content (AvgIpc) is 2.77. The first-order valence-corrected chi connectivity index (χ1v) is 6.84. The van der Waals surface area contributed by atoms with Crippen molar-refractivity contribution in [3.63, 3.8) is 0 Å². The molecule has 1 fully saturated rings. The molecule has 1 atom stereocenters. The van der Waals surface area contributed by atoms with E-state index in [1.54, 1.807) is 6.07 Å². The Morgan fingerprint density at radius 2 is 2.37 bits per heavy atom. The predicted octanol–water partition coefficient (Wildman–Crippen LogP) is 2.33. The van der Waals surface area contributed by atoms with E-state index in [9.17, 15) is 4.79 Å². The molecule has 1 aliphatic heterocycles. The van der Waals surface area contributed by atoms with Gasteiger partial charge in [0.2, 0.25) is 0 Å². The highest BCUT2D eigenvalue weighted by Gasteiger charge is 2.21. The summed E-state index contributed by atoms with van der Waals surface area (Å²) in [6.45, 7) is 4.29. The van der Waals surface area contributed by atoms with E-state index in [-0.39, 0.29) is 0 Å². The molecule has 1 unspecified atom stereocenters. The molecule has 0 amide bonds. The Kier molecular flexibility index (Phi) is 2.97. The van der Waals surface area contributed by atoms with Crippen molar-refractivity contribution in [1.82, 2.24) is 4.98 Å². The van der Waals surface area contributed by atoms with Crippen LogP contribution in [0.2, 0.25) is 0 Å². The van der Waals surface area contributed by atoms with E-state index in [1.807, 2.05) is 6.07 Å². The molecule has 102 valence electrons. The van der Waals surface area contributed by atoms with Crippen LogP contribution in [0.1, 0.15) is 26.2 Å². The lowest BCUT2D eigenvalue weighted by molar-refractivity contribution is 0.405. The van der Waals surface area contributed by atoms with Crippen molar-refractivity contribution in [3.05, 3.63) is 22.7 Å². The van der Waals surface area contributed by atoms with Gasteiger partial charge >= 0.3 is 5.76 Å². The van der Waals surface area contributed by atoms with Gasteiger partial charge in [0, 0.05) is 19.2 Å². The number of nitrogens with one attached hydrogen (secondary N) is 1. The highest BCUT2D eigenvalue weighted by molar-refractivity contribution is 5.85. The SMILES string of the molecule is CCC1CCCN(c2cc3[nH]c(=O)oc3cc2N)C1. The van der Waals surface area contributed by atoms with E-state index >= 15 is 0 Å². The Labute approximate surface area is 111 Å². The fourth-order valence-corrected chi connectivity index (χ4v) is 2.89. The van der Waals surface area contributed by atoms with Gasteiger partial charge in [-0.1, -0.05) is 13.3 Å². The van der Waals surface area contributed by atoms with Gasteiger partial charge in [0.05, 0.1) is 16.9 Å². The number of fused-ring (bicyclic) bond motifs is 1. The van der Waals surface area contributed by atoms with Gasteiger partial charge in [0.25, 0.3) is 0 Å². The number of aromatic nitrogens is 1. The molecule has 0 saturated carbocycles. The lowest BCUT2D eigenvalue weighted by Crippen LogP contribution is -2.35. The minimum absolute atomic E-state index is 0.434. The van der Waals surface area contributed by atoms with E-state index in [0.29, 0.717) is 16.8 Å². The minimum Gasteiger partial charge on any atom is -0.408 e. The Bertz CT molecular complexity index is 644. The molecule has 19 heavy (non-hydrogen) atoms. The quantitative estimate of drug-likeness (QED) is 0.813. The second-order valence-corrected chi connectivity index (χ2v) is 5.28. The minimum atomic E-state index is -0.434. The first kappa shape index (κ1) is 12.1. The van der Waals surface area contributed by atoms with E-state index in [4.69, 9.17) is 10.2 Å². The number of H-pyrrole nitrogens is 1. The molecule has 5 heteroatoms. The number of nitrogens with zero attached hydrogens (tertiary/aromatic N) is 1. The third-order valence-corrected chi connectivity index (χ3v) is 4.01. The van der Waals surface area contributed by atoms with Crippen molar-refractivity contribution in [3.8, 4) is 0 Å². The molecule has 5 nitrogen and oxygen atoms in total. The zero-order valence-corrected chi connectivity index (χ0v) is 11.1. The van der Waals surface area contributed by atoms with Gasteiger partial charge in [0.1, 0.15) is 0 Å². The molecule has 0 aliphatic carbocycles. The van der Waals surface area contributed by atoms with E-state index in [0.717, 1.165) is 24.7 Å². The summed E-state index contributed by atoms with van der Waals surface area (Å²) >= 11 is 0. The zero-order chi connectivity index (χ0) is 13.4. The van der Waals surface area contributed by atoms with Crippen LogP contribution >= 0.6 is 0 Å². The standard InChI is InChI=1S/C14H19N3O2/c1-2-9-4-3-5-17(8-9)12-7-11-13(6-10(12)15)19-14(18)16-11/h6-7,9H,2-5,8,15H2,1H3,(H,16,18). The third kappa shape index (κ3) is 2.20. The molecule has 1 aromatic heterocycles. The molecule has 3 N–H and O–H groups in total. The van der Waals surface area contributed by atoms with Crippen molar-refractivity contribution >= 4 is 22.5 Å². The van der Waals surface area contributed by atoms with Gasteiger partial charge in [0.15, 0.2) is 5.58 Å². The van der Waals surface area contributed by atoms with E-state index in [2.05, 4.69) is 16.8 Å².